The van der Waals surface area contributed by atoms with E-state index in [1.807, 2.05) is 30.1 Å². The van der Waals surface area contributed by atoms with Crippen LogP contribution in [0, 0.1) is 34.0 Å². The summed E-state index contributed by atoms with van der Waals surface area (Å²) in [5, 5.41) is 0. The van der Waals surface area contributed by atoms with Crippen LogP contribution < -0.4 is 5.73 Å². The van der Waals surface area contributed by atoms with Gasteiger partial charge in [-0.2, -0.15) is 0 Å². The average molecular weight is 504 g/mol. The maximum absolute atomic E-state index is 13.3. The minimum absolute atomic E-state index is 0.0936. The summed E-state index contributed by atoms with van der Waals surface area (Å²) >= 11 is 0. The maximum Gasteiger partial charge on any atom is 0.239 e. The van der Waals surface area contributed by atoms with E-state index in [-0.39, 0.29) is 11.9 Å². The highest BCUT2D eigenvalue weighted by Gasteiger charge is 2.68. The van der Waals surface area contributed by atoms with Crippen molar-refractivity contribution in [3.63, 3.8) is 0 Å². The zero-order chi connectivity index (χ0) is 26.2. The number of nitrogens with zero attached hydrogens (tertiary/aromatic N) is 2. The van der Waals surface area contributed by atoms with Gasteiger partial charge in [0.1, 0.15) is 0 Å². The first-order chi connectivity index (χ1) is 17.6. The molecule has 37 heavy (non-hydrogen) atoms. The molecule has 9 atom stereocenters. The number of benzene rings is 1. The molecule has 1 aliphatic heterocycles. The predicted molar refractivity (Wildman–Crippen MR) is 151 cm³/mol. The van der Waals surface area contributed by atoms with Crippen LogP contribution in [-0.2, 0) is 11.2 Å². The van der Waals surface area contributed by atoms with Crippen molar-refractivity contribution in [2.24, 2.45) is 39.7 Å². The van der Waals surface area contributed by atoms with Crippen molar-refractivity contribution in [1.82, 2.24) is 9.80 Å². The molecule has 1 heterocycles. The number of amides is 1. The number of nitrogens with two attached hydrogens (primary N) is 1. The van der Waals surface area contributed by atoms with Crippen LogP contribution in [0.25, 0.3) is 0 Å². The lowest BCUT2D eigenvalue weighted by Gasteiger charge is -2.59. The molecule has 4 fully saturated rings. The molecule has 5 aliphatic rings. The normalized spacial score (nSPS) is 43.7. The molecule has 1 aromatic carbocycles. The van der Waals surface area contributed by atoms with Gasteiger partial charge in [0.2, 0.25) is 5.91 Å². The molecule has 4 aliphatic carbocycles. The van der Waals surface area contributed by atoms with Gasteiger partial charge < -0.3 is 15.5 Å². The van der Waals surface area contributed by atoms with E-state index in [4.69, 9.17) is 5.73 Å². The van der Waals surface area contributed by atoms with Crippen molar-refractivity contribution in [2.75, 3.05) is 20.6 Å². The highest BCUT2D eigenvalue weighted by atomic mass is 16.2. The van der Waals surface area contributed by atoms with Crippen LogP contribution in [0.5, 0.6) is 0 Å². The van der Waals surface area contributed by atoms with Crippen molar-refractivity contribution in [3.8, 4) is 0 Å². The summed E-state index contributed by atoms with van der Waals surface area (Å²) in [6.45, 7) is 9.02. The summed E-state index contributed by atoms with van der Waals surface area (Å²) in [7, 11) is 4.37. The zero-order valence-electron chi connectivity index (χ0n) is 23.9. The molecule has 0 bridgehead atoms. The summed E-state index contributed by atoms with van der Waals surface area (Å²) in [6, 6.07) is 10.7. The van der Waals surface area contributed by atoms with E-state index in [1.54, 1.807) is 5.57 Å². The third-order valence-electron chi connectivity index (χ3n) is 13.0. The average Bonchev–Trinajstić information content (AvgIpc) is 3.29. The summed E-state index contributed by atoms with van der Waals surface area (Å²) in [4.78, 5) is 18.0. The second kappa shape index (κ2) is 8.95. The molecule has 4 nitrogen and oxygen atoms in total. The van der Waals surface area contributed by atoms with Gasteiger partial charge in [-0.15, -0.1) is 0 Å². The highest BCUT2D eigenvalue weighted by molar-refractivity contribution is 5.82. The fraction of sp³-hybridized carbons (Fsp3) is 0.727. The molecule has 0 radical (unpaired) electrons. The van der Waals surface area contributed by atoms with E-state index in [2.05, 4.69) is 50.9 Å². The molecule has 202 valence electrons. The Labute approximate surface area is 225 Å². The topological polar surface area (TPSA) is 49.6 Å². The molecule has 4 heteroatoms. The number of likely N-dealkylation sites (tertiary alicyclic amines) is 1. The van der Waals surface area contributed by atoms with Crippen molar-refractivity contribution >= 4 is 5.91 Å². The van der Waals surface area contributed by atoms with Gasteiger partial charge in [0.05, 0.1) is 6.04 Å². The highest BCUT2D eigenvalue weighted by Crippen LogP contribution is 2.72. The van der Waals surface area contributed by atoms with Gasteiger partial charge in [-0.3, -0.25) is 4.79 Å². The quantitative estimate of drug-likeness (QED) is 0.539. The Balaban J connectivity index is 1.17. The fourth-order valence-electron chi connectivity index (χ4n) is 10.6. The number of fused-ring (bicyclic) bond motifs is 4. The molecular weight excluding hydrogens is 454 g/mol. The van der Waals surface area contributed by atoms with Gasteiger partial charge in [0.25, 0.3) is 0 Å². The molecule has 6 rings (SSSR count). The molecule has 2 N–H and O–H groups in total. The van der Waals surface area contributed by atoms with Crippen LogP contribution in [0.15, 0.2) is 42.0 Å². The van der Waals surface area contributed by atoms with Crippen molar-refractivity contribution in [1.29, 1.82) is 0 Å². The van der Waals surface area contributed by atoms with Crippen LogP contribution in [0.2, 0.25) is 0 Å². The summed E-state index contributed by atoms with van der Waals surface area (Å²) < 4.78 is 0. The lowest BCUT2D eigenvalue weighted by molar-refractivity contribution is -0.134. The third kappa shape index (κ3) is 3.64. The van der Waals surface area contributed by atoms with Crippen LogP contribution >= 0.6 is 0 Å². The Hall–Kier alpha value is -1.65. The number of allylic oxidation sites excluding steroid dienone is 1. The molecule has 1 amide bonds. The summed E-state index contributed by atoms with van der Waals surface area (Å²) in [5.74, 6) is 2.64. The van der Waals surface area contributed by atoms with Gasteiger partial charge in [0.15, 0.2) is 0 Å². The van der Waals surface area contributed by atoms with Gasteiger partial charge in [-0.05, 0) is 111 Å². The van der Waals surface area contributed by atoms with E-state index >= 15 is 0 Å². The molecule has 1 aromatic rings. The molecule has 1 spiro atoms. The molecule has 9 unspecified atom stereocenters. The Bertz CT molecular complexity index is 1070. The number of hydrogen-bond acceptors (Lipinski definition) is 3. The first-order valence-corrected chi connectivity index (χ1v) is 15.1. The maximum atomic E-state index is 13.3. The van der Waals surface area contributed by atoms with Gasteiger partial charge in [0, 0.05) is 25.7 Å². The second-order valence-electron chi connectivity index (χ2n) is 14.1. The van der Waals surface area contributed by atoms with Crippen molar-refractivity contribution in [3.05, 3.63) is 47.5 Å². The van der Waals surface area contributed by atoms with Gasteiger partial charge in [-0.1, -0.05) is 55.8 Å². The number of hydrogen-bond donors (Lipinski definition) is 1. The number of carbonyl (C=O) groups excluding carboxylic acids is 1. The standard InChI is InChI=1S/C33H49N3O/c1-22-32(3)17-14-28-26-12-11-24-20-25(36(5)30(37)29(34)19-23-9-7-6-8-10-23)13-16-31(24,2)27(26)15-18-33(28,32)21-35(22)4/h6-11,22,25-29H,12-21,34H2,1-5H3. The first-order valence-electron chi connectivity index (χ1n) is 15.1. The number of rotatable bonds is 4. The Morgan fingerprint density at radius 3 is 2.59 bits per heavy atom. The third-order valence-corrected chi connectivity index (χ3v) is 13.0. The smallest absolute Gasteiger partial charge is 0.239 e. The fourth-order valence-corrected chi connectivity index (χ4v) is 10.6. The molecular formula is C33H49N3O. The Kier molecular flexibility index (Phi) is 6.19. The predicted octanol–water partition coefficient (Wildman–Crippen LogP) is 5.67. The SMILES string of the molecule is CC1N(C)CC23CCC4C(CC=C5CC(N(C)C(=O)C(N)Cc6ccccc6)CCC54C)C2CCC13C. The van der Waals surface area contributed by atoms with E-state index in [0.29, 0.717) is 28.7 Å². The van der Waals surface area contributed by atoms with Gasteiger partial charge >= 0.3 is 0 Å². The van der Waals surface area contributed by atoms with Gasteiger partial charge in [-0.25, -0.2) is 0 Å². The van der Waals surface area contributed by atoms with E-state index in [0.717, 1.165) is 36.2 Å². The number of likely N-dealkylation sites (N-methyl/N-ethyl adjacent to an activating group) is 1. The molecule has 0 aromatic heterocycles. The number of carbonyl (C=O) groups is 1. The van der Waals surface area contributed by atoms with E-state index in [9.17, 15) is 4.79 Å². The second-order valence-corrected chi connectivity index (χ2v) is 14.1. The Morgan fingerprint density at radius 1 is 1.11 bits per heavy atom. The first kappa shape index (κ1) is 25.6. The zero-order valence-corrected chi connectivity index (χ0v) is 23.9. The lowest BCUT2D eigenvalue weighted by Crippen LogP contribution is -2.55. The Morgan fingerprint density at radius 2 is 1.84 bits per heavy atom. The van der Waals surface area contributed by atoms with E-state index < -0.39 is 6.04 Å². The molecule has 3 saturated carbocycles. The lowest BCUT2D eigenvalue weighted by atomic mass is 9.45. The largest absolute Gasteiger partial charge is 0.341 e. The minimum atomic E-state index is -0.469. The van der Waals surface area contributed by atoms with Crippen LogP contribution in [-0.4, -0.2) is 54.5 Å². The van der Waals surface area contributed by atoms with Crippen LogP contribution in [0.4, 0.5) is 0 Å². The minimum Gasteiger partial charge on any atom is -0.341 e. The van der Waals surface area contributed by atoms with E-state index in [1.165, 1.54) is 45.1 Å². The van der Waals surface area contributed by atoms with Crippen molar-refractivity contribution in [2.45, 2.75) is 96.7 Å². The monoisotopic (exact) mass is 503 g/mol. The van der Waals surface area contributed by atoms with Crippen molar-refractivity contribution < 1.29 is 4.79 Å². The van der Waals surface area contributed by atoms with Crippen LogP contribution in [0.1, 0.15) is 77.7 Å². The molecule has 1 saturated heterocycles. The summed E-state index contributed by atoms with van der Waals surface area (Å²) in [5.41, 5.74) is 10.5. The van der Waals surface area contributed by atoms with Crippen LogP contribution in [0.3, 0.4) is 0 Å². The summed E-state index contributed by atoms with van der Waals surface area (Å²) in [6.07, 6.45) is 13.5.